The average Bonchev–Trinajstić information content (AvgIpc) is 2.89. The first kappa shape index (κ1) is 20.9. The van der Waals surface area contributed by atoms with Crippen molar-refractivity contribution in [3.8, 4) is 0 Å². The molecule has 0 amide bonds. The lowest BCUT2D eigenvalue weighted by molar-refractivity contribution is 0.588. The van der Waals surface area contributed by atoms with E-state index in [-0.39, 0.29) is 4.90 Å². The number of rotatable bonds is 7. The second kappa shape index (κ2) is 9.01. The summed E-state index contributed by atoms with van der Waals surface area (Å²) in [4.78, 5) is 4.82. The van der Waals surface area contributed by atoms with Gasteiger partial charge in [0.15, 0.2) is 5.96 Å². The third kappa shape index (κ3) is 5.30. The van der Waals surface area contributed by atoms with Gasteiger partial charge in [0, 0.05) is 31.4 Å². The van der Waals surface area contributed by atoms with Crippen LogP contribution < -0.4 is 15.4 Å². The Morgan fingerprint density at radius 3 is 2.37 bits per heavy atom. The van der Waals surface area contributed by atoms with E-state index in [1.54, 1.807) is 24.3 Å². The van der Waals surface area contributed by atoms with E-state index in [0.717, 1.165) is 29.1 Å². The van der Waals surface area contributed by atoms with Crippen LogP contribution in [0.5, 0.6) is 0 Å². The number of hydrogen-bond donors (Lipinski definition) is 3. The molecule has 0 spiro atoms. The Bertz CT molecular complexity index is 901. The van der Waals surface area contributed by atoms with Gasteiger partial charge in [0.25, 0.3) is 0 Å². The van der Waals surface area contributed by atoms with Gasteiger partial charge in [-0.1, -0.05) is 12.1 Å². The number of aliphatic imine (C=N–C) groups is 1. The number of sulfonamides is 1. The van der Waals surface area contributed by atoms with Crippen molar-refractivity contribution >= 4 is 16.0 Å². The average molecular weight is 393 g/mol. The fraction of sp³-hybridized carbons (Fsp3) is 0.444. The highest BCUT2D eigenvalue weighted by atomic mass is 32.2. The molecule has 1 aromatic carbocycles. The monoisotopic (exact) mass is 392 g/mol. The van der Waals surface area contributed by atoms with Crippen LogP contribution in [0, 0.1) is 13.8 Å². The van der Waals surface area contributed by atoms with Crippen LogP contribution in [0.1, 0.15) is 29.4 Å². The summed E-state index contributed by atoms with van der Waals surface area (Å²) < 4.78 is 27.7. The van der Waals surface area contributed by atoms with Crippen LogP contribution in [0.2, 0.25) is 0 Å². The van der Waals surface area contributed by atoms with E-state index in [1.807, 2.05) is 32.5 Å². The molecule has 0 fully saturated rings. The highest BCUT2D eigenvalue weighted by Crippen LogP contribution is 2.12. The largest absolute Gasteiger partial charge is 0.357 e. The number of hydrogen-bond acceptors (Lipinski definition) is 4. The van der Waals surface area contributed by atoms with Crippen LogP contribution in [-0.4, -0.2) is 37.8 Å². The number of nitrogens with zero attached hydrogens (tertiary/aromatic N) is 3. The molecule has 148 valence electrons. The molecule has 27 heavy (non-hydrogen) atoms. The summed E-state index contributed by atoms with van der Waals surface area (Å²) in [6.45, 7) is 7.87. The van der Waals surface area contributed by atoms with Gasteiger partial charge in [0.1, 0.15) is 0 Å². The second-order valence-electron chi connectivity index (χ2n) is 6.17. The quantitative estimate of drug-likeness (QED) is 0.486. The van der Waals surface area contributed by atoms with Crippen molar-refractivity contribution in [3.63, 3.8) is 0 Å². The van der Waals surface area contributed by atoms with Gasteiger partial charge in [0.05, 0.1) is 17.1 Å². The van der Waals surface area contributed by atoms with Crippen molar-refractivity contribution in [2.24, 2.45) is 12.0 Å². The lowest BCUT2D eigenvalue weighted by Crippen LogP contribution is -2.37. The number of nitrogens with one attached hydrogen (secondary N) is 3. The Kier molecular flexibility index (Phi) is 6.98. The molecular formula is C18H28N6O2S. The molecule has 0 unspecified atom stereocenters. The van der Waals surface area contributed by atoms with Crippen LogP contribution in [-0.2, 0) is 30.2 Å². The smallest absolute Gasteiger partial charge is 0.240 e. The molecule has 9 heteroatoms. The number of aromatic nitrogens is 2. The predicted molar refractivity (Wildman–Crippen MR) is 107 cm³/mol. The Morgan fingerprint density at radius 1 is 1.19 bits per heavy atom. The molecule has 0 atom stereocenters. The number of guanidine groups is 1. The first-order valence-electron chi connectivity index (χ1n) is 8.82. The zero-order valence-corrected chi connectivity index (χ0v) is 17.3. The maximum Gasteiger partial charge on any atom is 0.240 e. The molecule has 2 rings (SSSR count). The molecule has 1 heterocycles. The van der Waals surface area contributed by atoms with Gasteiger partial charge in [-0.2, -0.15) is 5.10 Å². The minimum absolute atomic E-state index is 0.241. The molecule has 2 aromatic rings. The van der Waals surface area contributed by atoms with E-state index in [2.05, 4.69) is 25.4 Å². The van der Waals surface area contributed by atoms with Gasteiger partial charge in [-0.25, -0.2) is 18.1 Å². The molecular weight excluding hydrogens is 364 g/mol. The number of benzene rings is 1. The highest BCUT2D eigenvalue weighted by Gasteiger charge is 2.11. The van der Waals surface area contributed by atoms with Crippen LogP contribution in [0.4, 0.5) is 0 Å². The zero-order valence-electron chi connectivity index (χ0n) is 16.5. The second-order valence-corrected chi connectivity index (χ2v) is 8.06. The van der Waals surface area contributed by atoms with Gasteiger partial charge in [-0.15, -0.1) is 0 Å². The van der Waals surface area contributed by atoms with E-state index in [4.69, 9.17) is 0 Å². The van der Waals surface area contributed by atoms with Gasteiger partial charge >= 0.3 is 0 Å². The highest BCUT2D eigenvalue weighted by molar-refractivity contribution is 7.89. The van der Waals surface area contributed by atoms with E-state index in [9.17, 15) is 8.42 Å². The SMILES string of the molecule is CCNC(=NCc1ccc(S(=O)(=O)NC)cc1)NCc1c(C)nn(C)c1C. The fourth-order valence-corrected chi connectivity index (χ4v) is 3.38. The van der Waals surface area contributed by atoms with Crippen molar-refractivity contribution in [2.45, 2.75) is 38.8 Å². The minimum Gasteiger partial charge on any atom is -0.357 e. The molecule has 0 aliphatic heterocycles. The maximum atomic E-state index is 11.8. The minimum atomic E-state index is -3.42. The summed E-state index contributed by atoms with van der Waals surface area (Å²) in [6, 6.07) is 6.71. The van der Waals surface area contributed by atoms with Gasteiger partial charge in [-0.05, 0) is 45.5 Å². The molecule has 0 bridgehead atoms. The summed E-state index contributed by atoms with van der Waals surface area (Å²) in [5, 5.41) is 11.0. The zero-order chi connectivity index (χ0) is 20.0. The lowest BCUT2D eigenvalue weighted by Gasteiger charge is -2.12. The topological polar surface area (TPSA) is 100 Å². The van der Waals surface area contributed by atoms with Crippen molar-refractivity contribution in [2.75, 3.05) is 13.6 Å². The van der Waals surface area contributed by atoms with Crippen LogP contribution in [0.25, 0.3) is 0 Å². The van der Waals surface area contributed by atoms with Crippen molar-refractivity contribution in [3.05, 3.63) is 46.8 Å². The summed E-state index contributed by atoms with van der Waals surface area (Å²) >= 11 is 0. The standard InChI is InChI=1S/C18H28N6O2S/c1-6-20-18(22-12-17-13(2)23-24(5)14(17)3)21-11-15-7-9-16(10-8-15)27(25,26)19-4/h7-10,19H,6,11-12H2,1-5H3,(H2,20,21,22). The third-order valence-corrected chi connectivity index (χ3v) is 5.79. The van der Waals surface area contributed by atoms with Gasteiger partial charge in [-0.3, -0.25) is 4.68 Å². The Hall–Kier alpha value is -2.39. The van der Waals surface area contributed by atoms with Crippen molar-refractivity contribution < 1.29 is 8.42 Å². The van der Waals surface area contributed by atoms with E-state index in [1.165, 1.54) is 7.05 Å². The van der Waals surface area contributed by atoms with Crippen LogP contribution in [0.3, 0.4) is 0 Å². The first-order chi connectivity index (χ1) is 12.8. The molecule has 0 saturated carbocycles. The maximum absolute atomic E-state index is 11.8. The molecule has 0 aliphatic rings. The van der Waals surface area contributed by atoms with Gasteiger partial charge < -0.3 is 10.6 Å². The summed E-state index contributed by atoms with van der Waals surface area (Å²) in [6.07, 6.45) is 0. The van der Waals surface area contributed by atoms with Gasteiger partial charge in [0.2, 0.25) is 10.0 Å². The van der Waals surface area contributed by atoms with Crippen molar-refractivity contribution in [1.82, 2.24) is 25.1 Å². The lowest BCUT2D eigenvalue weighted by atomic mass is 10.2. The molecule has 0 saturated heterocycles. The first-order valence-corrected chi connectivity index (χ1v) is 10.3. The van der Waals surface area contributed by atoms with Crippen molar-refractivity contribution in [1.29, 1.82) is 0 Å². The third-order valence-electron chi connectivity index (χ3n) is 4.36. The molecule has 0 aliphatic carbocycles. The fourth-order valence-electron chi connectivity index (χ4n) is 2.65. The summed E-state index contributed by atoms with van der Waals surface area (Å²) in [5.74, 6) is 0.701. The molecule has 3 N–H and O–H groups in total. The van der Waals surface area contributed by atoms with E-state index in [0.29, 0.717) is 19.0 Å². The molecule has 0 radical (unpaired) electrons. The number of aryl methyl sites for hydroxylation is 2. The molecule has 1 aromatic heterocycles. The van der Waals surface area contributed by atoms with E-state index >= 15 is 0 Å². The summed E-state index contributed by atoms with van der Waals surface area (Å²) in [7, 11) is -0.0887. The van der Waals surface area contributed by atoms with E-state index < -0.39 is 10.0 Å². The Balaban J connectivity index is 2.06. The summed E-state index contributed by atoms with van der Waals surface area (Å²) in [5.41, 5.74) is 4.21. The predicted octanol–water partition coefficient (Wildman–Crippen LogP) is 1.20. The normalized spacial score (nSPS) is 12.3. The van der Waals surface area contributed by atoms with Crippen LogP contribution >= 0.6 is 0 Å². The molecule has 8 nitrogen and oxygen atoms in total. The van der Waals surface area contributed by atoms with Crippen LogP contribution in [0.15, 0.2) is 34.2 Å². The Morgan fingerprint density at radius 2 is 1.85 bits per heavy atom. The Labute approximate surface area is 161 Å².